The van der Waals surface area contributed by atoms with Crippen LogP contribution in [0.2, 0.25) is 0 Å². The van der Waals surface area contributed by atoms with Crippen LogP contribution in [0.5, 0.6) is 0 Å². The third-order valence-electron chi connectivity index (χ3n) is 4.39. The molecule has 1 aliphatic carbocycles. The zero-order valence-corrected chi connectivity index (χ0v) is 13.0. The van der Waals surface area contributed by atoms with Crippen molar-refractivity contribution >= 4 is 40.0 Å². The molecule has 1 amide bonds. The Morgan fingerprint density at radius 2 is 2.17 bits per heavy atom. The molecule has 118 valence electrons. The molecule has 2 unspecified atom stereocenters. The van der Waals surface area contributed by atoms with Gasteiger partial charge in [0.1, 0.15) is 6.10 Å². The van der Waals surface area contributed by atoms with Crippen LogP contribution in [0.3, 0.4) is 0 Å². The summed E-state index contributed by atoms with van der Waals surface area (Å²) in [4.78, 5) is 28.7. The van der Waals surface area contributed by atoms with Crippen molar-refractivity contribution in [2.45, 2.75) is 31.8 Å². The van der Waals surface area contributed by atoms with E-state index in [1.807, 2.05) is 0 Å². The van der Waals surface area contributed by atoms with Gasteiger partial charge in [-0.3, -0.25) is 15.0 Å². The van der Waals surface area contributed by atoms with Gasteiger partial charge in [-0.2, -0.15) is 15.1 Å². The van der Waals surface area contributed by atoms with Crippen molar-refractivity contribution in [1.82, 2.24) is 5.01 Å². The van der Waals surface area contributed by atoms with Gasteiger partial charge in [0.2, 0.25) is 0 Å². The van der Waals surface area contributed by atoms with Crippen molar-refractivity contribution in [3.05, 3.63) is 23.5 Å². The number of amidine groups is 2. The number of thioether (sulfide) groups is 1. The van der Waals surface area contributed by atoms with Crippen LogP contribution in [-0.2, 0) is 14.3 Å². The molecule has 4 aliphatic rings. The number of nitrogens with zero attached hydrogens (tertiary/aromatic N) is 3. The summed E-state index contributed by atoms with van der Waals surface area (Å²) in [6.45, 7) is 0. The Morgan fingerprint density at radius 3 is 3.04 bits per heavy atom. The Balaban J connectivity index is 1.66. The van der Waals surface area contributed by atoms with Gasteiger partial charge in [0, 0.05) is 0 Å². The summed E-state index contributed by atoms with van der Waals surface area (Å²) in [7, 11) is 0. The second kappa shape index (κ2) is 5.45. The molecule has 0 aromatic heterocycles. The maximum atomic E-state index is 12.6. The van der Waals surface area contributed by atoms with E-state index in [9.17, 15) is 9.59 Å². The molecule has 0 aromatic carbocycles. The number of carbonyl (C=O) groups is 2. The van der Waals surface area contributed by atoms with Crippen LogP contribution in [0.25, 0.3) is 0 Å². The molecular formula is C15H14N4O3S. The predicted molar refractivity (Wildman–Crippen MR) is 86.1 cm³/mol. The lowest BCUT2D eigenvalue weighted by atomic mass is 9.80. The molecule has 0 aromatic rings. The highest BCUT2D eigenvalue weighted by Gasteiger charge is 2.38. The van der Waals surface area contributed by atoms with Gasteiger partial charge >= 0.3 is 0 Å². The van der Waals surface area contributed by atoms with Gasteiger partial charge in [-0.15, -0.1) is 0 Å². The van der Waals surface area contributed by atoms with Gasteiger partial charge < -0.3 is 4.74 Å². The number of hydrazone groups is 1. The zero-order chi connectivity index (χ0) is 16.0. The van der Waals surface area contributed by atoms with Gasteiger partial charge in [-0.05, 0) is 37.1 Å². The van der Waals surface area contributed by atoms with Crippen molar-refractivity contribution in [3.63, 3.8) is 0 Å². The Bertz CT molecular complexity index is 737. The summed E-state index contributed by atoms with van der Waals surface area (Å²) in [5.74, 6) is -0.754. The standard InChI is InChI=1S/C15H14N4O3S/c16-13-10(14(21)18-15-19(13)17-7-23-15)5-8-6-22-11-4-2-1-3-9(11)12(8)20/h5-7,9,11,16H,1-4H2/b10-5-,16-13?. The van der Waals surface area contributed by atoms with Gasteiger partial charge in [-0.1, -0.05) is 6.42 Å². The highest BCUT2D eigenvalue weighted by atomic mass is 32.2. The fourth-order valence-corrected chi connectivity index (χ4v) is 3.80. The minimum Gasteiger partial charge on any atom is -0.497 e. The fraction of sp³-hybridized carbons (Fsp3) is 0.400. The van der Waals surface area contributed by atoms with E-state index in [1.54, 1.807) is 0 Å². The van der Waals surface area contributed by atoms with Crippen LogP contribution in [0.4, 0.5) is 0 Å². The summed E-state index contributed by atoms with van der Waals surface area (Å²) in [5.41, 5.74) is 1.91. The first-order chi connectivity index (χ1) is 11.1. The lowest BCUT2D eigenvalue weighted by Crippen LogP contribution is -2.38. The van der Waals surface area contributed by atoms with E-state index in [-0.39, 0.29) is 29.2 Å². The SMILES string of the molecule is N=C1/C(=C/C2=COC3CCCCC3C2=O)C(=O)N=C2SC=NN12. The first-order valence-corrected chi connectivity index (χ1v) is 8.36. The van der Waals surface area contributed by atoms with E-state index in [0.717, 1.165) is 25.7 Å². The molecule has 3 aliphatic heterocycles. The quantitative estimate of drug-likeness (QED) is 0.740. The van der Waals surface area contributed by atoms with Crippen molar-refractivity contribution in [2.24, 2.45) is 16.0 Å². The summed E-state index contributed by atoms with van der Waals surface area (Å²) in [5, 5.41) is 13.8. The van der Waals surface area contributed by atoms with Gasteiger partial charge in [0.05, 0.1) is 28.9 Å². The number of ether oxygens (including phenoxy) is 1. The first kappa shape index (κ1) is 14.4. The lowest BCUT2D eigenvalue weighted by molar-refractivity contribution is -0.126. The number of allylic oxidation sites excluding steroid dienone is 2. The van der Waals surface area contributed by atoms with Crippen molar-refractivity contribution < 1.29 is 14.3 Å². The Kier molecular flexibility index (Phi) is 3.41. The highest BCUT2D eigenvalue weighted by molar-refractivity contribution is 8.25. The smallest absolute Gasteiger partial charge is 0.283 e. The van der Waals surface area contributed by atoms with Crippen molar-refractivity contribution in [2.75, 3.05) is 0 Å². The van der Waals surface area contributed by atoms with E-state index >= 15 is 0 Å². The molecule has 0 bridgehead atoms. The van der Waals surface area contributed by atoms with Crippen LogP contribution in [0.1, 0.15) is 25.7 Å². The zero-order valence-electron chi connectivity index (χ0n) is 12.2. The molecule has 0 spiro atoms. The number of fused-ring (bicyclic) bond motifs is 2. The van der Waals surface area contributed by atoms with Crippen LogP contribution in [-0.4, -0.2) is 39.4 Å². The predicted octanol–water partition coefficient (Wildman–Crippen LogP) is 1.82. The second-order valence-electron chi connectivity index (χ2n) is 5.76. The molecule has 4 rings (SSSR count). The Hall–Kier alpha value is -2.22. The summed E-state index contributed by atoms with van der Waals surface area (Å²) < 4.78 is 5.67. The second-order valence-corrected chi connectivity index (χ2v) is 6.57. The van der Waals surface area contributed by atoms with E-state index in [0.29, 0.717) is 10.7 Å². The molecule has 1 fully saturated rings. The summed E-state index contributed by atoms with van der Waals surface area (Å²) >= 11 is 1.19. The molecule has 0 radical (unpaired) electrons. The first-order valence-electron chi connectivity index (χ1n) is 7.48. The summed E-state index contributed by atoms with van der Waals surface area (Å²) in [6.07, 6.45) is 6.57. The van der Waals surface area contributed by atoms with E-state index < -0.39 is 5.91 Å². The lowest BCUT2D eigenvalue weighted by Gasteiger charge is -2.33. The van der Waals surface area contributed by atoms with Gasteiger partial charge in [-0.25, -0.2) is 0 Å². The molecule has 1 saturated carbocycles. The molecule has 23 heavy (non-hydrogen) atoms. The number of rotatable bonds is 1. The molecule has 0 saturated heterocycles. The molecule has 3 heterocycles. The summed E-state index contributed by atoms with van der Waals surface area (Å²) in [6, 6.07) is 0. The normalized spacial score (nSPS) is 31.6. The van der Waals surface area contributed by atoms with Crippen LogP contribution in [0.15, 0.2) is 33.6 Å². The van der Waals surface area contributed by atoms with Gasteiger partial charge in [0.15, 0.2) is 16.8 Å². The molecule has 7 nitrogen and oxygen atoms in total. The van der Waals surface area contributed by atoms with Gasteiger partial charge in [0.25, 0.3) is 5.91 Å². The molecule has 8 heteroatoms. The van der Waals surface area contributed by atoms with Crippen molar-refractivity contribution in [1.29, 1.82) is 5.41 Å². The molecular weight excluding hydrogens is 316 g/mol. The largest absolute Gasteiger partial charge is 0.497 e. The number of Topliss-reactive ketones (excluding diaryl/α,β-unsaturated/α-hetero) is 1. The number of hydrogen-bond acceptors (Lipinski definition) is 6. The number of carbonyl (C=O) groups excluding carboxylic acids is 2. The minimum absolute atomic E-state index is 0.0110. The number of nitrogens with one attached hydrogen (secondary N) is 1. The average molecular weight is 330 g/mol. The Labute approximate surface area is 136 Å². The molecule has 1 N–H and O–H groups in total. The Morgan fingerprint density at radius 1 is 1.35 bits per heavy atom. The van der Waals surface area contributed by atoms with Crippen molar-refractivity contribution in [3.8, 4) is 0 Å². The third kappa shape index (κ3) is 2.33. The van der Waals surface area contributed by atoms with Crippen LogP contribution in [0, 0.1) is 11.3 Å². The highest BCUT2D eigenvalue weighted by Crippen LogP contribution is 2.34. The number of aliphatic imine (C=N–C) groups is 1. The number of hydrogen-bond donors (Lipinski definition) is 1. The molecule has 2 atom stereocenters. The monoisotopic (exact) mass is 330 g/mol. The minimum atomic E-state index is -0.529. The van der Waals surface area contributed by atoms with E-state index in [2.05, 4.69) is 10.1 Å². The fourth-order valence-electron chi connectivity index (χ4n) is 3.19. The third-order valence-corrected chi connectivity index (χ3v) is 5.06. The maximum Gasteiger partial charge on any atom is 0.283 e. The van der Waals surface area contributed by atoms with E-state index in [1.165, 1.54) is 34.7 Å². The van der Waals surface area contributed by atoms with Crippen LogP contribution >= 0.6 is 11.8 Å². The average Bonchev–Trinajstić information content (AvgIpc) is 3.02. The van der Waals surface area contributed by atoms with Crippen LogP contribution < -0.4 is 0 Å². The van der Waals surface area contributed by atoms with E-state index in [4.69, 9.17) is 10.1 Å². The number of amides is 1. The number of ketones is 1. The maximum absolute atomic E-state index is 12.6. The topological polar surface area (TPSA) is 95.2 Å².